The molecule has 1 rings (SSSR count). The van der Waals surface area contributed by atoms with Crippen LogP contribution in [0.2, 0.25) is 0 Å². The van der Waals surface area contributed by atoms with E-state index in [-0.39, 0.29) is 11.7 Å². The largest absolute Gasteiger partial charge is 0.300 e. The lowest BCUT2D eigenvalue weighted by Crippen LogP contribution is -2.43. The summed E-state index contributed by atoms with van der Waals surface area (Å²) < 4.78 is 25.4. The van der Waals surface area contributed by atoms with Gasteiger partial charge in [-0.2, -0.15) is 5.26 Å². The third-order valence-corrected chi connectivity index (χ3v) is 5.51. The Morgan fingerprint density at radius 1 is 1.47 bits per heavy atom. The van der Waals surface area contributed by atoms with E-state index in [0.29, 0.717) is 32.4 Å². The minimum Gasteiger partial charge on any atom is -0.300 e. The third kappa shape index (κ3) is 3.05. The van der Waals surface area contributed by atoms with E-state index in [1.165, 1.54) is 4.31 Å². The molecule has 1 atom stereocenters. The van der Waals surface area contributed by atoms with E-state index in [1.54, 1.807) is 13.8 Å². The van der Waals surface area contributed by atoms with Gasteiger partial charge in [0.25, 0.3) is 0 Å². The zero-order valence-corrected chi connectivity index (χ0v) is 11.0. The van der Waals surface area contributed by atoms with E-state index in [2.05, 4.69) is 0 Å². The Hall–Kier alpha value is -0.930. The summed E-state index contributed by atoms with van der Waals surface area (Å²) in [5, 5.41) is 7.86. The van der Waals surface area contributed by atoms with Crippen LogP contribution in [0.3, 0.4) is 0 Å². The van der Waals surface area contributed by atoms with Gasteiger partial charge in [0.2, 0.25) is 10.0 Å². The number of carbonyl (C=O) groups excluding carboxylic acids is 1. The van der Waals surface area contributed by atoms with Gasteiger partial charge in [0.15, 0.2) is 5.25 Å². The van der Waals surface area contributed by atoms with Gasteiger partial charge in [-0.25, -0.2) is 12.7 Å². The van der Waals surface area contributed by atoms with Crippen LogP contribution in [0.1, 0.15) is 33.1 Å². The fourth-order valence-corrected chi connectivity index (χ4v) is 3.70. The van der Waals surface area contributed by atoms with Crippen molar-refractivity contribution in [3.05, 3.63) is 0 Å². The Labute approximate surface area is 102 Å². The van der Waals surface area contributed by atoms with E-state index in [1.807, 2.05) is 6.07 Å². The minimum absolute atomic E-state index is 0.0244. The van der Waals surface area contributed by atoms with Crippen molar-refractivity contribution in [2.24, 2.45) is 5.92 Å². The monoisotopic (exact) mass is 258 g/mol. The molecular weight excluding hydrogens is 240 g/mol. The molecule has 0 N–H and O–H groups in total. The van der Waals surface area contributed by atoms with Gasteiger partial charge in [0, 0.05) is 19.0 Å². The number of sulfonamides is 1. The molecule has 0 radical (unpaired) electrons. The van der Waals surface area contributed by atoms with Gasteiger partial charge >= 0.3 is 0 Å². The van der Waals surface area contributed by atoms with Gasteiger partial charge in [0.05, 0.1) is 6.07 Å². The predicted octanol–water partition coefficient (Wildman–Crippen LogP) is 0.919. The number of nitriles is 1. The van der Waals surface area contributed by atoms with Crippen LogP contribution >= 0.6 is 0 Å². The molecule has 0 aliphatic carbocycles. The van der Waals surface area contributed by atoms with Crippen molar-refractivity contribution in [2.45, 2.75) is 38.4 Å². The summed E-state index contributed by atoms with van der Waals surface area (Å²) in [6, 6.07) is 1.83. The molecule has 1 aliphatic rings. The Morgan fingerprint density at radius 2 is 2.00 bits per heavy atom. The van der Waals surface area contributed by atoms with Gasteiger partial charge in [0.1, 0.15) is 5.78 Å². The average molecular weight is 258 g/mol. The summed E-state index contributed by atoms with van der Waals surface area (Å²) in [5.41, 5.74) is 0. The van der Waals surface area contributed by atoms with E-state index in [0.717, 1.165) is 0 Å². The maximum atomic E-state index is 12.0. The Morgan fingerprint density at radius 3 is 2.35 bits per heavy atom. The van der Waals surface area contributed by atoms with E-state index in [4.69, 9.17) is 5.26 Å². The lowest BCUT2D eigenvalue weighted by molar-refractivity contribution is -0.121. The van der Waals surface area contributed by atoms with Gasteiger partial charge < -0.3 is 0 Å². The first-order chi connectivity index (χ1) is 7.93. The highest BCUT2D eigenvalue weighted by molar-refractivity contribution is 7.90. The molecule has 1 unspecified atom stereocenters. The Bertz CT molecular complexity index is 416. The number of nitrogens with zero attached hydrogens (tertiary/aromatic N) is 2. The van der Waals surface area contributed by atoms with Gasteiger partial charge in [-0.1, -0.05) is 6.92 Å². The van der Waals surface area contributed by atoms with Crippen LogP contribution < -0.4 is 0 Å². The van der Waals surface area contributed by atoms with Crippen LogP contribution in [0.4, 0.5) is 0 Å². The summed E-state index contributed by atoms with van der Waals surface area (Å²) in [4.78, 5) is 11.2. The van der Waals surface area contributed by atoms with Crippen LogP contribution in [-0.4, -0.2) is 36.8 Å². The van der Waals surface area contributed by atoms with Crippen molar-refractivity contribution in [1.29, 1.82) is 5.26 Å². The van der Waals surface area contributed by atoms with Crippen LogP contribution in [0.5, 0.6) is 0 Å². The number of piperidine rings is 1. The fraction of sp³-hybridized carbons (Fsp3) is 0.818. The highest BCUT2D eigenvalue weighted by Crippen LogP contribution is 2.22. The molecule has 1 saturated heterocycles. The first-order valence-electron chi connectivity index (χ1n) is 5.82. The lowest BCUT2D eigenvalue weighted by atomic mass is 9.95. The average Bonchev–Trinajstić information content (AvgIpc) is 2.30. The van der Waals surface area contributed by atoms with Gasteiger partial charge in [-0.3, -0.25) is 4.79 Å². The van der Waals surface area contributed by atoms with E-state index >= 15 is 0 Å². The number of hydrogen-bond acceptors (Lipinski definition) is 4. The summed E-state index contributed by atoms with van der Waals surface area (Å²) in [7, 11) is -3.51. The Kier molecular flexibility index (Phi) is 4.66. The minimum atomic E-state index is -3.51. The van der Waals surface area contributed by atoms with Crippen molar-refractivity contribution in [3.63, 3.8) is 0 Å². The van der Waals surface area contributed by atoms with E-state index in [9.17, 15) is 13.2 Å². The molecule has 6 heteroatoms. The molecule has 0 aromatic heterocycles. The molecule has 17 heavy (non-hydrogen) atoms. The molecule has 5 nitrogen and oxygen atoms in total. The van der Waals surface area contributed by atoms with E-state index < -0.39 is 15.3 Å². The predicted molar refractivity (Wildman–Crippen MR) is 63.6 cm³/mol. The Balaban J connectivity index is 2.72. The third-order valence-electron chi connectivity index (χ3n) is 3.26. The molecular formula is C11H18N2O3S. The molecule has 1 aliphatic heterocycles. The van der Waals surface area contributed by atoms with Crippen molar-refractivity contribution in [2.75, 3.05) is 13.1 Å². The smallest absolute Gasteiger partial charge is 0.230 e. The standard InChI is InChI=1S/C11H18N2O3S/c1-3-11(8-12)17(15,16)13-6-4-10(5-7-13)9(2)14/h10-11H,3-7H2,1-2H3. The number of ketones is 1. The second-order valence-electron chi connectivity index (χ2n) is 4.35. The highest BCUT2D eigenvalue weighted by atomic mass is 32.2. The first kappa shape index (κ1) is 14.1. The number of Topliss-reactive ketones (excluding diaryl/α,β-unsaturated/α-hetero) is 1. The van der Waals surface area contributed by atoms with Crippen LogP contribution in [0, 0.1) is 17.2 Å². The number of hydrogen-bond donors (Lipinski definition) is 0. The number of carbonyl (C=O) groups is 1. The maximum Gasteiger partial charge on any atom is 0.230 e. The molecule has 96 valence electrons. The number of rotatable bonds is 4. The summed E-state index contributed by atoms with van der Waals surface area (Å²) in [6.07, 6.45) is 1.43. The maximum absolute atomic E-state index is 12.0. The van der Waals surface area contributed by atoms with Crippen molar-refractivity contribution in [3.8, 4) is 6.07 Å². The molecule has 1 heterocycles. The summed E-state index contributed by atoms with van der Waals surface area (Å²) in [6.45, 7) is 3.93. The molecule has 0 aromatic carbocycles. The van der Waals surface area contributed by atoms with Crippen molar-refractivity contribution < 1.29 is 13.2 Å². The lowest BCUT2D eigenvalue weighted by Gasteiger charge is -2.31. The van der Waals surface area contributed by atoms with Crippen LogP contribution in [0.25, 0.3) is 0 Å². The fourth-order valence-electron chi connectivity index (χ4n) is 2.07. The molecule has 0 saturated carbocycles. The quantitative estimate of drug-likeness (QED) is 0.751. The molecule has 0 aromatic rings. The molecule has 0 spiro atoms. The highest BCUT2D eigenvalue weighted by Gasteiger charge is 2.34. The normalized spacial score (nSPS) is 20.8. The first-order valence-corrected chi connectivity index (χ1v) is 7.32. The molecule has 0 bridgehead atoms. The zero-order valence-electron chi connectivity index (χ0n) is 10.2. The second kappa shape index (κ2) is 5.61. The molecule has 0 amide bonds. The molecule has 1 fully saturated rings. The zero-order chi connectivity index (χ0) is 13.1. The summed E-state index contributed by atoms with van der Waals surface area (Å²) in [5.74, 6) is 0.0954. The second-order valence-corrected chi connectivity index (χ2v) is 6.47. The van der Waals surface area contributed by atoms with Crippen LogP contribution in [0.15, 0.2) is 0 Å². The summed E-state index contributed by atoms with van der Waals surface area (Å²) >= 11 is 0. The van der Waals surface area contributed by atoms with Crippen LogP contribution in [-0.2, 0) is 14.8 Å². The van der Waals surface area contributed by atoms with Gasteiger partial charge in [-0.05, 0) is 26.2 Å². The van der Waals surface area contributed by atoms with Gasteiger partial charge in [-0.15, -0.1) is 0 Å². The SMILES string of the molecule is CCC(C#N)S(=O)(=O)N1CCC(C(C)=O)CC1. The van der Waals surface area contributed by atoms with Crippen molar-refractivity contribution >= 4 is 15.8 Å². The topological polar surface area (TPSA) is 78.2 Å². The van der Waals surface area contributed by atoms with Crippen molar-refractivity contribution in [1.82, 2.24) is 4.31 Å².